The van der Waals surface area contributed by atoms with Gasteiger partial charge in [0.05, 0.1) is 0 Å². The maximum Gasteiger partial charge on any atom is 0.0449 e. The largest absolute Gasteiger partial charge is 0.308 e. The van der Waals surface area contributed by atoms with E-state index in [1.54, 1.807) is 0 Å². The number of piperazine rings is 1. The maximum atomic E-state index is 3.87. The molecule has 2 rings (SSSR count). The van der Waals surface area contributed by atoms with Gasteiger partial charge in [-0.05, 0) is 12.5 Å². The van der Waals surface area contributed by atoms with Gasteiger partial charge in [-0.15, -0.1) is 6.58 Å². The summed E-state index contributed by atoms with van der Waals surface area (Å²) in [4.78, 5) is 2.47. The molecule has 0 amide bonds. The molecule has 16 heavy (non-hydrogen) atoms. The van der Waals surface area contributed by atoms with Crippen molar-refractivity contribution in [1.29, 1.82) is 0 Å². The lowest BCUT2D eigenvalue weighted by Crippen LogP contribution is -2.48. The minimum atomic E-state index is 0.456. The number of nitrogens with one attached hydrogen (secondary N) is 1. The van der Waals surface area contributed by atoms with E-state index in [2.05, 4.69) is 54.1 Å². The van der Waals surface area contributed by atoms with Crippen molar-refractivity contribution in [2.24, 2.45) is 0 Å². The van der Waals surface area contributed by atoms with E-state index in [4.69, 9.17) is 0 Å². The van der Waals surface area contributed by atoms with Crippen LogP contribution < -0.4 is 5.32 Å². The molecule has 2 atom stereocenters. The minimum absolute atomic E-state index is 0.456. The van der Waals surface area contributed by atoms with Gasteiger partial charge in [0.15, 0.2) is 0 Å². The summed E-state index contributed by atoms with van der Waals surface area (Å²) in [6.45, 7) is 9.31. The molecule has 1 N–H and O–H groups in total. The van der Waals surface area contributed by atoms with Crippen LogP contribution in [0.4, 0.5) is 0 Å². The van der Waals surface area contributed by atoms with Gasteiger partial charge in [0.2, 0.25) is 0 Å². The summed E-state index contributed by atoms with van der Waals surface area (Å²) in [5.74, 6) is 0. The summed E-state index contributed by atoms with van der Waals surface area (Å²) in [6.07, 6.45) is 2.02. The second kappa shape index (κ2) is 5.28. The van der Waals surface area contributed by atoms with E-state index in [1.165, 1.54) is 5.56 Å². The zero-order valence-corrected chi connectivity index (χ0v) is 9.89. The Balaban J connectivity index is 2.05. The summed E-state index contributed by atoms with van der Waals surface area (Å²) in [5, 5.41) is 3.57. The predicted octanol–water partition coefficient (Wildman–Crippen LogP) is 2.21. The van der Waals surface area contributed by atoms with Gasteiger partial charge in [0, 0.05) is 31.7 Å². The highest BCUT2D eigenvalue weighted by Gasteiger charge is 2.22. The average molecular weight is 216 g/mol. The Hall–Kier alpha value is -1.12. The topological polar surface area (TPSA) is 15.3 Å². The molecule has 0 aromatic heterocycles. The molecule has 0 spiro atoms. The van der Waals surface area contributed by atoms with Gasteiger partial charge in [-0.25, -0.2) is 0 Å². The second-order valence-electron chi connectivity index (χ2n) is 4.39. The molecule has 1 fully saturated rings. The normalized spacial score (nSPS) is 23.9. The molecule has 1 aromatic rings. The second-order valence-corrected chi connectivity index (χ2v) is 4.39. The minimum Gasteiger partial charge on any atom is -0.308 e. The van der Waals surface area contributed by atoms with Crippen LogP contribution in [0.2, 0.25) is 0 Å². The highest BCUT2D eigenvalue weighted by atomic mass is 15.2. The van der Waals surface area contributed by atoms with Crippen molar-refractivity contribution < 1.29 is 0 Å². The van der Waals surface area contributed by atoms with Crippen molar-refractivity contribution in [3.8, 4) is 0 Å². The van der Waals surface area contributed by atoms with Gasteiger partial charge < -0.3 is 5.32 Å². The number of benzene rings is 1. The molecule has 1 aliphatic heterocycles. The third-order valence-corrected chi connectivity index (χ3v) is 3.33. The molecule has 0 aliphatic carbocycles. The predicted molar refractivity (Wildman–Crippen MR) is 68.4 cm³/mol. The summed E-state index contributed by atoms with van der Waals surface area (Å²) < 4.78 is 0. The average Bonchev–Trinajstić information content (AvgIpc) is 2.39. The molecule has 1 aromatic carbocycles. The van der Waals surface area contributed by atoms with Gasteiger partial charge in [-0.2, -0.15) is 0 Å². The SMILES string of the molecule is C=CC(C)N1CCNC(c2ccccc2)C1. The van der Waals surface area contributed by atoms with Crippen LogP contribution in [-0.4, -0.2) is 30.6 Å². The fraction of sp³-hybridized carbons (Fsp3) is 0.429. The molecule has 2 heteroatoms. The summed E-state index contributed by atoms with van der Waals surface area (Å²) in [7, 11) is 0. The van der Waals surface area contributed by atoms with Crippen molar-refractivity contribution in [3.63, 3.8) is 0 Å². The van der Waals surface area contributed by atoms with E-state index in [0.717, 1.165) is 19.6 Å². The van der Waals surface area contributed by atoms with Crippen LogP contribution in [0.25, 0.3) is 0 Å². The van der Waals surface area contributed by atoms with Gasteiger partial charge >= 0.3 is 0 Å². The van der Waals surface area contributed by atoms with Gasteiger partial charge in [0.1, 0.15) is 0 Å². The van der Waals surface area contributed by atoms with Crippen molar-refractivity contribution in [3.05, 3.63) is 48.6 Å². The zero-order chi connectivity index (χ0) is 11.4. The van der Waals surface area contributed by atoms with E-state index in [0.29, 0.717) is 12.1 Å². The van der Waals surface area contributed by atoms with Crippen molar-refractivity contribution in [2.75, 3.05) is 19.6 Å². The zero-order valence-electron chi connectivity index (χ0n) is 9.89. The fourth-order valence-corrected chi connectivity index (χ4v) is 2.20. The fourth-order valence-electron chi connectivity index (χ4n) is 2.20. The van der Waals surface area contributed by atoms with E-state index < -0.39 is 0 Å². The monoisotopic (exact) mass is 216 g/mol. The number of hydrogen-bond acceptors (Lipinski definition) is 2. The van der Waals surface area contributed by atoms with Crippen LogP contribution in [0.15, 0.2) is 43.0 Å². The van der Waals surface area contributed by atoms with Crippen molar-refractivity contribution in [2.45, 2.75) is 19.0 Å². The molecule has 2 nitrogen and oxygen atoms in total. The highest BCUT2D eigenvalue weighted by molar-refractivity contribution is 5.20. The standard InChI is InChI=1S/C14H20N2/c1-3-12(2)16-10-9-15-14(11-16)13-7-5-4-6-8-13/h3-8,12,14-15H,1,9-11H2,2H3. The Labute approximate surface area is 98.0 Å². The molecule has 1 heterocycles. The Bertz CT molecular complexity index is 334. The molecule has 1 saturated heterocycles. The lowest BCUT2D eigenvalue weighted by molar-refractivity contribution is 0.176. The lowest BCUT2D eigenvalue weighted by atomic mass is 10.0. The molecule has 0 radical (unpaired) electrons. The van der Waals surface area contributed by atoms with E-state index in [1.807, 2.05) is 6.08 Å². The molecular formula is C14H20N2. The van der Waals surface area contributed by atoms with Crippen LogP contribution in [0.5, 0.6) is 0 Å². The van der Waals surface area contributed by atoms with Crippen molar-refractivity contribution in [1.82, 2.24) is 10.2 Å². The first-order chi connectivity index (χ1) is 7.81. The number of nitrogens with zero attached hydrogens (tertiary/aromatic N) is 1. The first kappa shape index (κ1) is 11.4. The van der Waals surface area contributed by atoms with Crippen LogP contribution in [0.3, 0.4) is 0 Å². The molecule has 86 valence electrons. The van der Waals surface area contributed by atoms with E-state index in [9.17, 15) is 0 Å². The van der Waals surface area contributed by atoms with E-state index in [-0.39, 0.29) is 0 Å². The molecule has 1 aliphatic rings. The smallest absolute Gasteiger partial charge is 0.0449 e. The third kappa shape index (κ3) is 2.52. The molecular weight excluding hydrogens is 196 g/mol. The van der Waals surface area contributed by atoms with Crippen LogP contribution >= 0.6 is 0 Å². The molecule has 2 unspecified atom stereocenters. The summed E-state index contributed by atoms with van der Waals surface area (Å²) in [6, 6.07) is 11.6. The van der Waals surface area contributed by atoms with E-state index >= 15 is 0 Å². The molecule has 0 saturated carbocycles. The van der Waals surface area contributed by atoms with Crippen molar-refractivity contribution >= 4 is 0 Å². The first-order valence-corrected chi connectivity index (χ1v) is 5.96. The Morgan fingerprint density at radius 3 is 2.88 bits per heavy atom. The quantitative estimate of drug-likeness (QED) is 0.779. The third-order valence-electron chi connectivity index (χ3n) is 3.33. The lowest BCUT2D eigenvalue weighted by Gasteiger charge is -2.36. The Morgan fingerprint density at radius 1 is 1.44 bits per heavy atom. The van der Waals surface area contributed by atoms with Crippen LogP contribution in [0.1, 0.15) is 18.5 Å². The van der Waals surface area contributed by atoms with Gasteiger partial charge in [0.25, 0.3) is 0 Å². The Morgan fingerprint density at radius 2 is 2.19 bits per heavy atom. The van der Waals surface area contributed by atoms with Gasteiger partial charge in [-0.3, -0.25) is 4.90 Å². The number of rotatable bonds is 3. The van der Waals surface area contributed by atoms with Gasteiger partial charge in [-0.1, -0.05) is 36.4 Å². The summed E-state index contributed by atoms with van der Waals surface area (Å²) >= 11 is 0. The van der Waals surface area contributed by atoms with Crippen LogP contribution in [-0.2, 0) is 0 Å². The Kier molecular flexibility index (Phi) is 3.75. The van der Waals surface area contributed by atoms with Crippen LogP contribution in [0, 0.1) is 0 Å². The highest BCUT2D eigenvalue weighted by Crippen LogP contribution is 2.18. The molecule has 0 bridgehead atoms. The number of hydrogen-bond donors (Lipinski definition) is 1. The maximum absolute atomic E-state index is 3.87. The summed E-state index contributed by atoms with van der Waals surface area (Å²) in [5.41, 5.74) is 1.38. The first-order valence-electron chi connectivity index (χ1n) is 5.96.